The first kappa shape index (κ1) is 18.6. The quantitative estimate of drug-likeness (QED) is 0.496. The highest BCUT2D eigenvalue weighted by atomic mass is 19.1. The summed E-state index contributed by atoms with van der Waals surface area (Å²) in [6.07, 6.45) is 2.48. The van der Waals surface area contributed by atoms with E-state index >= 15 is 0 Å². The van der Waals surface area contributed by atoms with Gasteiger partial charge in [0.05, 0.1) is 23.7 Å². The highest BCUT2D eigenvalue weighted by Crippen LogP contribution is 2.25. The Bertz CT molecular complexity index is 1140. The number of fused-ring (bicyclic) bond motifs is 1. The number of carbonyl (C=O) groups excluding carboxylic acids is 1. The number of imidazole rings is 1. The van der Waals surface area contributed by atoms with Gasteiger partial charge in [0.25, 0.3) is 0 Å². The number of rotatable bonds is 6. The van der Waals surface area contributed by atoms with Crippen LogP contribution in [0.2, 0.25) is 0 Å². The van der Waals surface area contributed by atoms with Crippen molar-refractivity contribution < 1.29 is 13.9 Å². The molecule has 6 nitrogen and oxygen atoms in total. The fourth-order valence-electron chi connectivity index (χ4n) is 3.13. The molecule has 0 radical (unpaired) electrons. The van der Waals surface area contributed by atoms with Gasteiger partial charge in [0, 0.05) is 30.5 Å². The van der Waals surface area contributed by atoms with Crippen molar-refractivity contribution in [2.24, 2.45) is 0 Å². The lowest BCUT2D eigenvalue weighted by atomic mass is 10.2. The highest BCUT2D eigenvalue weighted by molar-refractivity contribution is 5.94. The molecule has 29 heavy (non-hydrogen) atoms. The van der Waals surface area contributed by atoms with Crippen LogP contribution in [-0.4, -0.2) is 27.6 Å². The molecule has 2 heterocycles. The van der Waals surface area contributed by atoms with Crippen LogP contribution in [0.4, 0.5) is 16.0 Å². The molecule has 2 aromatic heterocycles. The number of benzene rings is 2. The SMILES string of the molecule is COC(=O)c1ccc2c(c1)nc(Nc1ccc(F)cc1)n2CCc1ccccn1. The predicted molar refractivity (Wildman–Crippen MR) is 109 cm³/mol. The maximum Gasteiger partial charge on any atom is 0.337 e. The Morgan fingerprint density at radius 3 is 2.69 bits per heavy atom. The largest absolute Gasteiger partial charge is 0.465 e. The molecule has 0 bridgehead atoms. The molecule has 0 unspecified atom stereocenters. The second kappa shape index (κ2) is 8.10. The topological polar surface area (TPSA) is 69.0 Å². The Labute approximate surface area is 167 Å². The summed E-state index contributed by atoms with van der Waals surface area (Å²) >= 11 is 0. The zero-order valence-electron chi connectivity index (χ0n) is 15.8. The zero-order chi connectivity index (χ0) is 20.2. The minimum absolute atomic E-state index is 0.304. The number of hydrogen-bond acceptors (Lipinski definition) is 5. The van der Waals surface area contributed by atoms with E-state index in [1.165, 1.54) is 19.2 Å². The average Bonchev–Trinajstić information content (AvgIpc) is 3.10. The second-order valence-corrected chi connectivity index (χ2v) is 6.49. The van der Waals surface area contributed by atoms with Gasteiger partial charge < -0.3 is 14.6 Å². The predicted octanol–water partition coefficient (Wildman–Crippen LogP) is 4.34. The Morgan fingerprint density at radius 2 is 1.97 bits per heavy atom. The smallest absolute Gasteiger partial charge is 0.337 e. The van der Waals surface area contributed by atoms with Gasteiger partial charge in [0.2, 0.25) is 5.95 Å². The maximum atomic E-state index is 13.2. The van der Waals surface area contributed by atoms with Crippen LogP contribution in [0.15, 0.2) is 66.9 Å². The first-order valence-corrected chi connectivity index (χ1v) is 9.15. The van der Waals surface area contributed by atoms with Crippen LogP contribution in [0, 0.1) is 5.82 Å². The number of methoxy groups -OCH3 is 1. The molecule has 0 saturated carbocycles. The molecule has 0 spiro atoms. The zero-order valence-corrected chi connectivity index (χ0v) is 15.8. The van der Waals surface area contributed by atoms with E-state index < -0.39 is 5.97 Å². The van der Waals surface area contributed by atoms with Gasteiger partial charge in [-0.3, -0.25) is 4.98 Å². The molecule has 0 aliphatic rings. The number of anilines is 2. The Kier molecular flexibility index (Phi) is 5.20. The number of esters is 1. The third kappa shape index (κ3) is 4.08. The lowest BCUT2D eigenvalue weighted by Gasteiger charge is -2.11. The molecule has 4 aromatic rings. The first-order chi connectivity index (χ1) is 14.1. The fraction of sp³-hybridized carbons (Fsp3) is 0.136. The summed E-state index contributed by atoms with van der Waals surface area (Å²) in [5.41, 5.74) is 3.65. The van der Waals surface area contributed by atoms with Crippen molar-refractivity contribution in [1.29, 1.82) is 0 Å². The number of ether oxygens (including phenoxy) is 1. The van der Waals surface area contributed by atoms with Gasteiger partial charge in [-0.25, -0.2) is 14.2 Å². The number of carbonyl (C=O) groups is 1. The van der Waals surface area contributed by atoms with E-state index in [0.717, 1.165) is 11.2 Å². The van der Waals surface area contributed by atoms with Crippen LogP contribution in [0.3, 0.4) is 0 Å². The number of nitrogens with zero attached hydrogens (tertiary/aromatic N) is 3. The lowest BCUT2D eigenvalue weighted by Crippen LogP contribution is -2.07. The number of aromatic nitrogens is 3. The van der Waals surface area contributed by atoms with Gasteiger partial charge in [0.15, 0.2) is 0 Å². The molecular weight excluding hydrogens is 371 g/mol. The normalized spacial score (nSPS) is 10.8. The van der Waals surface area contributed by atoms with E-state index in [4.69, 9.17) is 4.74 Å². The molecule has 4 rings (SSSR count). The summed E-state index contributed by atoms with van der Waals surface area (Å²) in [5.74, 6) is -0.116. The van der Waals surface area contributed by atoms with Crippen LogP contribution < -0.4 is 5.32 Å². The molecule has 0 aliphatic heterocycles. The summed E-state index contributed by atoms with van der Waals surface area (Å²) in [6, 6.07) is 17.2. The van der Waals surface area contributed by atoms with Crippen LogP contribution >= 0.6 is 0 Å². The summed E-state index contributed by atoms with van der Waals surface area (Å²) in [6.45, 7) is 0.634. The molecular formula is C22H19FN4O2. The lowest BCUT2D eigenvalue weighted by molar-refractivity contribution is 0.0601. The fourth-order valence-corrected chi connectivity index (χ4v) is 3.13. The van der Waals surface area contributed by atoms with Gasteiger partial charge in [-0.15, -0.1) is 0 Å². The van der Waals surface area contributed by atoms with Crippen molar-refractivity contribution in [2.45, 2.75) is 13.0 Å². The number of aryl methyl sites for hydroxylation is 2. The Balaban J connectivity index is 1.71. The Hall–Kier alpha value is -3.74. The van der Waals surface area contributed by atoms with E-state index in [2.05, 4.69) is 15.3 Å². The van der Waals surface area contributed by atoms with Crippen molar-refractivity contribution >= 4 is 28.6 Å². The van der Waals surface area contributed by atoms with Crippen LogP contribution in [0.1, 0.15) is 16.1 Å². The number of nitrogens with one attached hydrogen (secondary N) is 1. The number of pyridine rings is 1. The first-order valence-electron chi connectivity index (χ1n) is 9.15. The monoisotopic (exact) mass is 390 g/mol. The van der Waals surface area contributed by atoms with Crippen molar-refractivity contribution in [2.75, 3.05) is 12.4 Å². The molecule has 1 N–H and O–H groups in total. The van der Waals surface area contributed by atoms with Gasteiger partial charge in [-0.2, -0.15) is 0 Å². The summed E-state index contributed by atoms with van der Waals surface area (Å²) in [4.78, 5) is 20.9. The molecule has 7 heteroatoms. The Morgan fingerprint density at radius 1 is 1.14 bits per heavy atom. The van der Waals surface area contributed by atoms with Gasteiger partial charge in [-0.05, 0) is 54.6 Å². The van der Waals surface area contributed by atoms with E-state index in [1.54, 1.807) is 30.5 Å². The van der Waals surface area contributed by atoms with Gasteiger partial charge >= 0.3 is 5.97 Å². The summed E-state index contributed by atoms with van der Waals surface area (Å²) < 4.78 is 20.1. The molecule has 0 amide bonds. The molecule has 0 atom stereocenters. The minimum atomic E-state index is -0.414. The third-order valence-corrected chi connectivity index (χ3v) is 4.59. The highest BCUT2D eigenvalue weighted by Gasteiger charge is 2.14. The number of halogens is 1. The van der Waals surface area contributed by atoms with E-state index in [-0.39, 0.29) is 5.82 Å². The van der Waals surface area contributed by atoms with Crippen molar-refractivity contribution in [1.82, 2.24) is 14.5 Å². The molecule has 0 saturated heterocycles. The standard InChI is InChI=1S/C22H19FN4O2/c1-29-21(28)15-5-10-20-19(14-15)26-22(25-18-8-6-16(23)7-9-18)27(20)13-11-17-4-2-3-12-24-17/h2-10,12,14H,11,13H2,1H3,(H,25,26). The number of hydrogen-bond donors (Lipinski definition) is 1. The third-order valence-electron chi connectivity index (χ3n) is 4.59. The maximum absolute atomic E-state index is 13.2. The molecule has 0 fully saturated rings. The van der Waals surface area contributed by atoms with Crippen LogP contribution in [0.25, 0.3) is 11.0 Å². The van der Waals surface area contributed by atoms with E-state index in [9.17, 15) is 9.18 Å². The van der Waals surface area contributed by atoms with Crippen LogP contribution in [0.5, 0.6) is 0 Å². The minimum Gasteiger partial charge on any atom is -0.465 e. The molecule has 0 aliphatic carbocycles. The molecule has 2 aromatic carbocycles. The van der Waals surface area contributed by atoms with E-state index in [1.807, 2.05) is 28.8 Å². The summed E-state index contributed by atoms with van der Waals surface area (Å²) in [5, 5.41) is 3.24. The van der Waals surface area contributed by atoms with Crippen molar-refractivity contribution in [3.8, 4) is 0 Å². The summed E-state index contributed by atoms with van der Waals surface area (Å²) in [7, 11) is 1.35. The average molecular weight is 390 g/mol. The van der Waals surface area contributed by atoms with Crippen molar-refractivity contribution in [3.63, 3.8) is 0 Å². The second-order valence-electron chi connectivity index (χ2n) is 6.49. The van der Waals surface area contributed by atoms with Gasteiger partial charge in [0.1, 0.15) is 5.82 Å². The van der Waals surface area contributed by atoms with Crippen molar-refractivity contribution in [3.05, 3.63) is 83.9 Å². The van der Waals surface area contributed by atoms with Gasteiger partial charge in [-0.1, -0.05) is 6.07 Å². The van der Waals surface area contributed by atoms with E-state index in [0.29, 0.717) is 35.7 Å². The molecule has 146 valence electrons. The van der Waals surface area contributed by atoms with Crippen LogP contribution in [-0.2, 0) is 17.7 Å².